The summed E-state index contributed by atoms with van der Waals surface area (Å²) in [6.45, 7) is 3.97. The predicted molar refractivity (Wildman–Crippen MR) is 98.4 cm³/mol. The fourth-order valence-electron chi connectivity index (χ4n) is 4.48. The molecule has 2 aromatic heterocycles. The summed E-state index contributed by atoms with van der Waals surface area (Å²) in [7, 11) is 2.10. The van der Waals surface area contributed by atoms with Crippen LogP contribution in [0.2, 0.25) is 0 Å². The molecule has 6 nitrogen and oxygen atoms in total. The first kappa shape index (κ1) is 16.4. The maximum atomic E-state index is 12.9. The van der Waals surface area contributed by atoms with Gasteiger partial charge in [0.15, 0.2) is 0 Å². The highest BCUT2D eigenvalue weighted by atomic mass is 16.2. The first-order chi connectivity index (χ1) is 12.1. The molecule has 0 radical (unpaired) electrons. The summed E-state index contributed by atoms with van der Waals surface area (Å²) in [6.07, 6.45) is 9.11. The minimum absolute atomic E-state index is 0.259. The van der Waals surface area contributed by atoms with Crippen LogP contribution >= 0.6 is 0 Å². The Bertz CT molecular complexity index is 751. The number of nitrogens with zero attached hydrogens (tertiary/aromatic N) is 4. The molecule has 0 aromatic carbocycles. The zero-order valence-corrected chi connectivity index (χ0v) is 15.1. The molecule has 0 spiro atoms. The lowest BCUT2D eigenvalue weighted by Crippen LogP contribution is -2.53. The third-order valence-corrected chi connectivity index (χ3v) is 6.10. The maximum Gasteiger partial charge on any atom is 0.225 e. The summed E-state index contributed by atoms with van der Waals surface area (Å²) in [5, 5.41) is 1.04. The summed E-state index contributed by atoms with van der Waals surface area (Å²) >= 11 is 0. The van der Waals surface area contributed by atoms with Crippen LogP contribution in [0.1, 0.15) is 39.0 Å². The van der Waals surface area contributed by atoms with Crippen molar-refractivity contribution in [2.24, 2.45) is 11.8 Å². The van der Waals surface area contributed by atoms with Crippen molar-refractivity contribution >= 4 is 22.8 Å². The summed E-state index contributed by atoms with van der Waals surface area (Å²) in [5.41, 5.74) is 0.860. The zero-order chi connectivity index (χ0) is 17.4. The summed E-state index contributed by atoms with van der Waals surface area (Å²) in [5.74, 6) is 2.10. The average molecular weight is 341 g/mol. The minimum atomic E-state index is 0.259. The highest BCUT2D eigenvalue weighted by Crippen LogP contribution is 2.31. The van der Waals surface area contributed by atoms with E-state index < -0.39 is 0 Å². The third kappa shape index (κ3) is 2.98. The van der Waals surface area contributed by atoms with E-state index in [-0.39, 0.29) is 12.0 Å². The third-order valence-electron chi connectivity index (χ3n) is 6.10. The summed E-state index contributed by atoms with van der Waals surface area (Å²) < 4.78 is 0. The second kappa shape index (κ2) is 6.65. The highest BCUT2D eigenvalue weighted by molar-refractivity contribution is 5.87. The molecule has 1 aliphatic carbocycles. The standard InChI is InChI=1S/C19H27N5O/c1-13-8-10-24(19(25)14-5-3-4-6-14)11-16(13)23(2)18-15-7-9-20-17(15)21-12-22-18/h7,9,12-14,16H,3-6,8,10-11H2,1-2H3,(H,20,21,22). The predicted octanol–water partition coefficient (Wildman–Crippen LogP) is 2.82. The SMILES string of the molecule is CC1CCN(C(=O)C2CCCC2)CC1N(C)c1ncnc2[nH]ccc12. The minimum Gasteiger partial charge on any atom is -0.354 e. The van der Waals surface area contributed by atoms with E-state index in [0.717, 1.165) is 49.2 Å². The molecule has 6 heteroatoms. The molecule has 1 N–H and O–H groups in total. The van der Waals surface area contributed by atoms with Gasteiger partial charge in [0.05, 0.1) is 11.4 Å². The Balaban J connectivity index is 1.55. The van der Waals surface area contributed by atoms with Gasteiger partial charge in [-0.05, 0) is 31.2 Å². The molecule has 4 rings (SSSR count). The number of carbonyl (C=O) groups is 1. The lowest BCUT2D eigenvalue weighted by Gasteiger charge is -2.43. The Morgan fingerprint density at radius 1 is 1.28 bits per heavy atom. The van der Waals surface area contributed by atoms with E-state index in [2.05, 4.69) is 38.7 Å². The van der Waals surface area contributed by atoms with Crippen LogP contribution in [-0.4, -0.2) is 51.9 Å². The largest absolute Gasteiger partial charge is 0.354 e. The fraction of sp³-hybridized carbons (Fsp3) is 0.632. The van der Waals surface area contributed by atoms with Crippen molar-refractivity contribution in [2.45, 2.75) is 45.1 Å². The van der Waals surface area contributed by atoms with Crippen LogP contribution in [0.3, 0.4) is 0 Å². The Morgan fingerprint density at radius 2 is 2.08 bits per heavy atom. The maximum absolute atomic E-state index is 12.9. The number of hydrogen-bond acceptors (Lipinski definition) is 4. The number of piperidine rings is 1. The number of fused-ring (bicyclic) bond motifs is 1. The van der Waals surface area contributed by atoms with Crippen LogP contribution in [-0.2, 0) is 4.79 Å². The number of carbonyl (C=O) groups excluding carboxylic acids is 1. The van der Waals surface area contributed by atoms with Gasteiger partial charge in [-0.1, -0.05) is 19.8 Å². The van der Waals surface area contributed by atoms with Crippen LogP contribution in [0.25, 0.3) is 11.0 Å². The Kier molecular flexibility index (Phi) is 4.36. The van der Waals surface area contributed by atoms with E-state index in [9.17, 15) is 4.79 Å². The number of likely N-dealkylation sites (N-methyl/N-ethyl adjacent to an activating group) is 1. The molecule has 2 unspecified atom stereocenters. The van der Waals surface area contributed by atoms with Crippen molar-refractivity contribution in [1.82, 2.24) is 19.9 Å². The molecule has 0 bridgehead atoms. The molecular formula is C19H27N5O. The smallest absolute Gasteiger partial charge is 0.225 e. The van der Waals surface area contributed by atoms with Crippen LogP contribution in [0.15, 0.2) is 18.6 Å². The van der Waals surface area contributed by atoms with Crippen molar-refractivity contribution in [3.63, 3.8) is 0 Å². The zero-order valence-electron chi connectivity index (χ0n) is 15.1. The number of aromatic amines is 1. The first-order valence-corrected chi connectivity index (χ1v) is 9.45. The first-order valence-electron chi connectivity index (χ1n) is 9.45. The van der Waals surface area contributed by atoms with Gasteiger partial charge < -0.3 is 14.8 Å². The van der Waals surface area contributed by atoms with Gasteiger partial charge >= 0.3 is 0 Å². The monoisotopic (exact) mass is 341 g/mol. The molecule has 1 saturated carbocycles. The number of amides is 1. The van der Waals surface area contributed by atoms with Crippen LogP contribution in [0.4, 0.5) is 5.82 Å². The molecule has 25 heavy (non-hydrogen) atoms. The number of rotatable bonds is 3. The van der Waals surface area contributed by atoms with E-state index in [0.29, 0.717) is 11.8 Å². The van der Waals surface area contributed by atoms with E-state index in [1.54, 1.807) is 6.33 Å². The van der Waals surface area contributed by atoms with E-state index in [4.69, 9.17) is 0 Å². The fourth-order valence-corrected chi connectivity index (χ4v) is 4.48. The Hall–Kier alpha value is -2.11. The quantitative estimate of drug-likeness (QED) is 0.932. The van der Waals surface area contributed by atoms with Gasteiger partial charge in [0.25, 0.3) is 0 Å². The van der Waals surface area contributed by atoms with E-state index >= 15 is 0 Å². The topological polar surface area (TPSA) is 65.1 Å². The molecule has 2 aromatic rings. The molecule has 2 atom stereocenters. The second-order valence-electron chi connectivity index (χ2n) is 7.65. The molecule has 1 saturated heterocycles. The molecule has 134 valence electrons. The van der Waals surface area contributed by atoms with Crippen molar-refractivity contribution < 1.29 is 4.79 Å². The molecule has 2 fully saturated rings. The van der Waals surface area contributed by atoms with Gasteiger partial charge in [0.2, 0.25) is 5.91 Å². The molecule has 3 heterocycles. The molecule has 2 aliphatic rings. The molecule has 1 aliphatic heterocycles. The van der Waals surface area contributed by atoms with Gasteiger partial charge in [0.1, 0.15) is 17.8 Å². The number of anilines is 1. The van der Waals surface area contributed by atoms with Gasteiger partial charge in [-0.2, -0.15) is 0 Å². The van der Waals surface area contributed by atoms with Gasteiger partial charge in [0, 0.05) is 32.3 Å². The normalized spacial score (nSPS) is 24.8. The Labute approximate surface area is 148 Å². The van der Waals surface area contributed by atoms with Gasteiger partial charge in [-0.25, -0.2) is 9.97 Å². The summed E-state index contributed by atoms with van der Waals surface area (Å²) in [6, 6.07) is 2.31. The molecular weight excluding hydrogens is 314 g/mol. The van der Waals surface area contributed by atoms with Crippen molar-refractivity contribution in [1.29, 1.82) is 0 Å². The molecule has 1 amide bonds. The van der Waals surface area contributed by atoms with Crippen molar-refractivity contribution in [2.75, 3.05) is 25.0 Å². The van der Waals surface area contributed by atoms with Crippen LogP contribution in [0.5, 0.6) is 0 Å². The van der Waals surface area contributed by atoms with E-state index in [1.165, 1.54) is 12.8 Å². The van der Waals surface area contributed by atoms with Crippen LogP contribution in [0, 0.1) is 11.8 Å². The summed E-state index contributed by atoms with van der Waals surface area (Å²) in [4.78, 5) is 29.2. The number of likely N-dealkylation sites (tertiary alicyclic amines) is 1. The lowest BCUT2D eigenvalue weighted by molar-refractivity contribution is -0.137. The number of hydrogen-bond donors (Lipinski definition) is 1. The van der Waals surface area contributed by atoms with E-state index in [1.807, 2.05) is 12.3 Å². The number of H-pyrrole nitrogens is 1. The van der Waals surface area contributed by atoms with Crippen molar-refractivity contribution in [3.05, 3.63) is 18.6 Å². The van der Waals surface area contributed by atoms with Crippen LogP contribution < -0.4 is 4.90 Å². The average Bonchev–Trinajstić information content (AvgIpc) is 3.32. The van der Waals surface area contributed by atoms with Gasteiger partial charge in [-0.15, -0.1) is 0 Å². The van der Waals surface area contributed by atoms with Gasteiger partial charge in [-0.3, -0.25) is 4.79 Å². The lowest BCUT2D eigenvalue weighted by atomic mass is 9.91. The number of nitrogens with one attached hydrogen (secondary N) is 1. The number of aromatic nitrogens is 3. The van der Waals surface area contributed by atoms with Crippen molar-refractivity contribution in [3.8, 4) is 0 Å². The Morgan fingerprint density at radius 3 is 2.88 bits per heavy atom. The second-order valence-corrected chi connectivity index (χ2v) is 7.65. The highest BCUT2D eigenvalue weighted by Gasteiger charge is 2.35.